The van der Waals surface area contributed by atoms with E-state index in [0.29, 0.717) is 16.9 Å². The van der Waals surface area contributed by atoms with Crippen molar-refractivity contribution in [3.05, 3.63) is 108 Å². The molecular weight excluding hydrogens is 636 g/mol. The van der Waals surface area contributed by atoms with Gasteiger partial charge < -0.3 is 9.84 Å². The third-order valence-electron chi connectivity index (χ3n) is 5.39. The Morgan fingerprint density at radius 1 is 0.657 bits per heavy atom. The van der Waals surface area contributed by atoms with E-state index in [2.05, 4.69) is 0 Å². The molecule has 0 heterocycles. The van der Waals surface area contributed by atoms with Gasteiger partial charge in [0.05, 0.1) is 0 Å². The number of ether oxygens (including phenoxy) is 1. The van der Waals surface area contributed by atoms with Crippen LogP contribution < -0.4 is 4.74 Å². The van der Waals surface area contributed by atoms with Crippen LogP contribution in [0.25, 0.3) is 32.7 Å². The zero-order valence-electron chi connectivity index (χ0n) is 18.2. The monoisotopic (exact) mass is 654 g/mol. The van der Waals surface area contributed by atoms with Crippen LogP contribution in [0.1, 0.15) is 5.56 Å². The summed E-state index contributed by atoms with van der Waals surface area (Å²) in [5.41, 5.74) is 2.01. The van der Waals surface area contributed by atoms with Gasteiger partial charge in [0, 0.05) is 16.7 Å². The number of halogens is 5. The molecule has 0 saturated heterocycles. The molecule has 5 aromatic carbocycles. The number of phenolic OH excluding ortho intramolecular Hbond substituents is 1. The quantitative estimate of drug-likeness (QED) is 0.196. The van der Waals surface area contributed by atoms with E-state index in [4.69, 9.17) is 40.4 Å². The van der Waals surface area contributed by atoms with Gasteiger partial charge in [-0.1, -0.05) is 78.9 Å². The maximum absolute atomic E-state index is 14.1. The SMILES string of the molecule is Oc1ccc2ccccc2c1-c1c(OCc2ccccc2F)ccc2ccccc12.[Cl][Sn]([Cl])([Cl])[Cl]. The molecule has 35 heavy (non-hydrogen) atoms. The number of fused-ring (bicyclic) bond motifs is 2. The summed E-state index contributed by atoms with van der Waals surface area (Å²) in [6.45, 7) is 0.101. The summed E-state index contributed by atoms with van der Waals surface area (Å²) in [7, 11) is 20.1. The minimum atomic E-state index is -3.29. The third-order valence-corrected chi connectivity index (χ3v) is 5.39. The van der Waals surface area contributed by atoms with Gasteiger partial charge in [0.15, 0.2) is 0 Å². The Labute approximate surface area is 221 Å². The Morgan fingerprint density at radius 3 is 1.80 bits per heavy atom. The maximum atomic E-state index is 14.1. The zero-order chi connectivity index (χ0) is 25.0. The summed E-state index contributed by atoms with van der Waals surface area (Å²) in [5, 5.41) is 14.8. The fourth-order valence-electron chi connectivity index (χ4n) is 3.92. The molecule has 0 spiro atoms. The Morgan fingerprint density at radius 2 is 1.17 bits per heavy atom. The van der Waals surface area contributed by atoms with Crippen molar-refractivity contribution in [2.75, 3.05) is 0 Å². The number of hydrogen-bond donors (Lipinski definition) is 1. The van der Waals surface area contributed by atoms with Crippen molar-refractivity contribution in [3.8, 4) is 22.6 Å². The molecule has 0 fully saturated rings. The van der Waals surface area contributed by atoms with Crippen molar-refractivity contribution < 1.29 is 14.2 Å². The van der Waals surface area contributed by atoms with Crippen molar-refractivity contribution in [3.63, 3.8) is 0 Å². The van der Waals surface area contributed by atoms with Gasteiger partial charge in [0.25, 0.3) is 0 Å². The van der Waals surface area contributed by atoms with E-state index in [-0.39, 0.29) is 18.2 Å². The van der Waals surface area contributed by atoms with Crippen molar-refractivity contribution in [2.45, 2.75) is 6.61 Å². The van der Waals surface area contributed by atoms with Crippen molar-refractivity contribution >= 4 is 71.1 Å². The summed E-state index contributed by atoms with van der Waals surface area (Å²) in [5.74, 6) is 0.484. The van der Waals surface area contributed by atoms with E-state index in [1.54, 1.807) is 24.3 Å². The van der Waals surface area contributed by atoms with Gasteiger partial charge in [0.1, 0.15) is 23.9 Å². The number of hydrogen-bond acceptors (Lipinski definition) is 2. The molecule has 0 radical (unpaired) electrons. The van der Waals surface area contributed by atoms with E-state index in [9.17, 15) is 9.50 Å². The van der Waals surface area contributed by atoms with Crippen LogP contribution in [-0.2, 0) is 6.61 Å². The summed E-state index contributed by atoms with van der Waals surface area (Å²) in [6, 6.07) is 30.0. The summed E-state index contributed by atoms with van der Waals surface area (Å²) < 4.78 is 20.2. The Hall–Kier alpha value is -1.89. The van der Waals surface area contributed by atoms with E-state index in [0.717, 1.165) is 27.1 Å². The fourth-order valence-corrected chi connectivity index (χ4v) is 3.92. The fraction of sp³-hybridized carbons (Fsp3) is 0.0370. The molecule has 0 aliphatic carbocycles. The number of aromatic hydroxyl groups is 1. The molecule has 0 aliphatic rings. The van der Waals surface area contributed by atoms with Gasteiger partial charge in [-0.15, -0.1) is 0 Å². The molecule has 1 N–H and O–H groups in total. The molecule has 5 rings (SSSR count). The normalized spacial score (nSPS) is 11.2. The van der Waals surface area contributed by atoms with Crippen LogP contribution in [-0.4, -0.2) is 19.0 Å². The molecule has 5 aromatic rings. The summed E-state index contributed by atoms with van der Waals surface area (Å²) >= 11 is -3.29. The molecule has 178 valence electrons. The number of benzene rings is 5. The van der Waals surface area contributed by atoms with Crippen LogP contribution in [0.2, 0.25) is 0 Å². The molecule has 0 aromatic heterocycles. The number of rotatable bonds is 4. The molecule has 2 nitrogen and oxygen atoms in total. The first-order valence-corrected chi connectivity index (χ1v) is 25.0. The molecule has 0 unspecified atom stereocenters. The van der Waals surface area contributed by atoms with Crippen LogP contribution in [0.5, 0.6) is 11.5 Å². The second-order valence-electron chi connectivity index (χ2n) is 7.65. The first kappa shape index (κ1) is 26.2. The van der Waals surface area contributed by atoms with Gasteiger partial charge in [-0.25, -0.2) is 4.39 Å². The topological polar surface area (TPSA) is 29.5 Å². The van der Waals surface area contributed by atoms with Crippen molar-refractivity contribution in [1.29, 1.82) is 0 Å². The third kappa shape index (κ3) is 6.66. The minimum absolute atomic E-state index is 0.101. The van der Waals surface area contributed by atoms with Crippen LogP contribution in [0.4, 0.5) is 4.39 Å². The Balaban J connectivity index is 0.000000527. The standard InChI is InChI=1S/C27H19FO2.4ClH.Sn/c28-23-12-6-3-9-20(23)17-30-25-16-14-19-8-2-5-11-22(19)27(25)26-21-10-4-1-7-18(21)13-15-24(26)29;;;;;/h1-16,29H,17H2;4*1H;/q;;;;;+4/p-4. The summed E-state index contributed by atoms with van der Waals surface area (Å²) in [6.07, 6.45) is 0. The molecular formula is C27H19Cl4FO2Sn. The van der Waals surface area contributed by atoms with E-state index < -0.39 is 13.9 Å². The van der Waals surface area contributed by atoms with Crippen LogP contribution >= 0.6 is 35.7 Å². The van der Waals surface area contributed by atoms with Crippen LogP contribution in [0.3, 0.4) is 0 Å². The second-order valence-corrected chi connectivity index (χ2v) is 33.1. The Kier molecular flexibility index (Phi) is 8.56. The first-order valence-electron chi connectivity index (χ1n) is 10.6. The first-order chi connectivity index (χ1) is 16.7. The van der Waals surface area contributed by atoms with E-state index in [1.807, 2.05) is 66.7 Å². The van der Waals surface area contributed by atoms with Gasteiger partial charge in [0.2, 0.25) is 0 Å². The molecule has 0 atom stereocenters. The van der Waals surface area contributed by atoms with Gasteiger partial charge in [-0.3, -0.25) is 0 Å². The van der Waals surface area contributed by atoms with Crippen molar-refractivity contribution in [1.82, 2.24) is 0 Å². The molecule has 0 amide bonds. The van der Waals surface area contributed by atoms with E-state index in [1.165, 1.54) is 6.07 Å². The predicted molar refractivity (Wildman–Crippen MR) is 148 cm³/mol. The summed E-state index contributed by atoms with van der Waals surface area (Å²) in [4.78, 5) is 0. The second kappa shape index (κ2) is 11.4. The molecule has 0 saturated carbocycles. The van der Waals surface area contributed by atoms with Crippen LogP contribution in [0, 0.1) is 5.82 Å². The molecule has 0 aliphatic heterocycles. The number of phenols is 1. The molecule has 0 bridgehead atoms. The average molecular weight is 655 g/mol. The predicted octanol–water partition coefficient (Wildman–Crippen LogP) is 9.46. The van der Waals surface area contributed by atoms with Gasteiger partial charge in [-0.05, 0) is 39.7 Å². The van der Waals surface area contributed by atoms with Crippen molar-refractivity contribution in [2.24, 2.45) is 0 Å². The van der Waals surface area contributed by atoms with Crippen LogP contribution in [0.15, 0.2) is 97.1 Å². The zero-order valence-corrected chi connectivity index (χ0v) is 24.1. The van der Waals surface area contributed by atoms with E-state index >= 15 is 0 Å². The Bertz CT molecular complexity index is 1480. The average Bonchev–Trinajstić information content (AvgIpc) is 2.82. The van der Waals surface area contributed by atoms with Gasteiger partial charge in [-0.2, -0.15) is 0 Å². The van der Waals surface area contributed by atoms with Gasteiger partial charge >= 0.3 is 49.6 Å². The molecule has 8 heteroatoms.